The van der Waals surface area contributed by atoms with Crippen molar-refractivity contribution in [3.63, 3.8) is 0 Å². The summed E-state index contributed by atoms with van der Waals surface area (Å²) in [6, 6.07) is 6.37. The lowest BCUT2D eigenvalue weighted by atomic mass is 10.2. The fourth-order valence-electron chi connectivity index (χ4n) is 3.37. The minimum Gasteiger partial charge on any atom is -0.326 e. The Morgan fingerprint density at radius 3 is 2.60 bits per heavy atom. The number of nitrogens with one attached hydrogen (secondary N) is 1. The first-order chi connectivity index (χ1) is 12.0. The molecule has 1 aliphatic heterocycles. The molecule has 6 heteroatoms. The zero-order valence-corrected chi connectivity index (χ0v) is 15.7. The number of piperazine rings is 1. The maximum absolute atomic E-state index is 11.6. The largest absolute Gasteiger partial charge is 0.326 e. The van der Waals surface area contributed by atoms with Crippen molar-refractivity contribution in [3.05, 3.63) is 24.0 Å². The van der Waals surface area contributed by atoms with Gasteiger partial charge in [-0.25, -0.2) is 4.98 Å². The van der Waals surface area contributed by atoms with Gasteiger partial charge in [-0.3, -0.25) is 9.69 Å². The molecule has 1 aromatic carbocycles. The first kappa shape index (κ1) is 17.9. The van der Waals surface area contributed by atoms with Crippen LogP contribution >= 0.6 is 0 Å². The molecule has 2 aromatic rings. The van der Waals surface area contributed by atoms with E-state index in [4.69, 9.17) is 4.98 Å². The Morgan fingerprint density at radius 1 is 1.24 bits per heavy atom. The van der Waals surface area contributed by atoms with E-state index in [2.05, 4.69) is 46.6 Å². The second-order valence-electron chi connectivity index (χ2n) is 7.18. The van der Waals surface area contributed by atoms with Gasteiger partial charge in [-0.15, -0.1) is 0 Å². The van der Waals surface area contributed by atoms with Crippen molar-refractivity contribution >= 4 is 22.6 Å². The molecule has 0 unspecified atom stereocenters. The van der Waals surface area contributed by atoms with Crippen LogP contribution in [-0.4, -0.2) is 58.5 Å². The normalized spacial score (nSPS) is 16.7. The molecular formula is C19H29N5O. The summed E-state index contributed by atoms with van der Waals surface area (Å²) < 4.78 is 2.32. The number of hydrogen-bond donors (Lipinski definition) is 1. The number of carbonyl (C=O) groups excluding carboxylic acids is 1. The highest BCUT2D eigenvalue weighted by Crippen LogP contribution is 2.25. The van der Waals surface area contributed by atoms with Crippen LogP contribution in [0.2, 0.25) is 0 Å². The van der Waals surface area contributed by atoms with E-state index in [0.29, 0.717) is 12.5 Å². The maximum atomic E-state index is 11.6. The number of nitrogens with zero attached hydrogens (tertiary/aromatic N) is 4. The number of benzene rings is 1. The number of carbonyl (C=O) groups is 1. The summed E-state index contributed by atoms with van der Waals surface area (Å²) in [5.41, 5.74) is 2.90. The third-order valence-corrected chi connectivity index (χ3v) is 4.84. The summed E-state index contributed by atoms with van der Waals surface area (Å²) in [5.74, 6) is 1.13. The number of amides is 1. The van der Waals surface area contributed by atoms with E-state index in [1.54, 1.807) is 0 Å². The molecule has 1 N–H and O–H groups in total. The molecule has 25 heavy (non-hydrogen) atoms. The predicted molar refractivity (Wildman–Crippen MR) is 102 cm³/mol. The summed E-state index contributed by atoms with van der Waals surface area (Å²) >= 11 is 0. The van der Waals surface area contributed by atoms with Crippen molar-refractivity contribution in [1.29, 1.82) is 0 Å². The molecule has 0 saturated carbocycles. The lowest BCUT2D eigenvalue weighted by Gasteiger charge is -2.32. The topological polar surface area (TPSA) is 53.4 Å². The minimum atomic E-state index is 0.0281. The first-order valence-electron chi connectivity index (χ1n) is 9.19. The first-order valence-corrected chi connectivity index (χ1v) is 9.19. The van der Waals surface area contributed by atoms with Gasteiger partial charge in [0.2, 0.25) is 5.91 Å². The molecular weight excluding hydrogens is 314 g/mol. The molecule has 0 spiro atoms. The van der Waals surface area contributed by atoms with Crippen LogP contribution in [0.25, 0.3) is 11.0 Å². The van der Waals surface area contributed by atoms with Crippen molar-refractivity contribution in [2.75, 3.05) is 38.5 Å². The van der Waals surface area contributed by atoms with E-state index in [1.807, 2.05) is 19.1 Å². The fraction of sp³-hybridized carbons (Fsp3) is 0.579. The fourth-order valence-corrected chi connectivity index (χ4v) is 3.37. The molecule has 1 aliphatic rings. The van der Waals surface area contributed by atoms with Gasteiger partial charge in [0.1, 0.15) is 5.82 Å². The number of rotatable bonds is 5. The molecule has 6 nitrogen and oxygen atoms in total. The van der Waals surface area contributed by atoms with E-state index in [0.717, 1.165) is 55.3 Å². The maximum Gasteiger partial charge on any atom is 0.224 e. The molecule has 136 valence electrons. The SMILES string of the molecule is CCC(=O)Nc1ccc2c(c1)nc(CN1CCN(C)CC1)n2C(C)C. The molecule has 2 heterocycles. The number of imidazole rings is 1. The van der Waals surface area contributed by atoms with Crippen molar-refractivity contribution < 1.29 is 4.79 Å². The van der Waals surface area contributed by atoms with Crippen molar-refractivity contribution in [2.45, 2.75) is 39.8 Å². The monoisotopic (exact) mass is 343 g/mol. The van der Waals surface area contributed by atoms with Gasteiger partial charge in [0.05, 0.1) is 17.6 Å². The van der Waals surface area contributed by atoms with Crippen molar-refractivity contribution in [2.24, 2.45) is 0 Å². The van der Waals surface area contributed by atoms with E-state index in [1.165, 1.54) is 0 Å². The minimum absolute atomic E-state index is 0.0281. The standard InChI is InChI=1S/C19H29N5O/c1-5-19(25)20-15-6-7-17-16(12-15)21-18(24(17)14(2)3)13-23-10-8-22(4)9-11-23/h6-7,12,14H,5,8-11,13H2,1-4H3,(H,20,25). The molecule has 1 saturated heterocycles. The van der Waals surface area contributed by atoms with E-state index < -0.39 is 0 Å². The van der Waals surface area contributed by atoms with Gasteiger partial charge in [-0.05, 0) is 39.1 Å². The highest BCUT2D eigenvalue weighted by atomic mass is 16.1. The van der Waals surface area contributed by atoms with Gasteiger partial charge in [0, 0.05) is 44.3 Å². The lowest BCUT2D eigenvalue weighted by molar-refractivity contribution is -0.115. The molecule has 0 aliphatic carbocycles. The van der Waals surface area contributed by atoms with Crippen LogP contribution in [0.4, 0.5) is 5.69 Å². The van der Waals surface area contributed by atoms with Gasteiger partial charge in [0.15, 0.2) is 0 Å². The Balaban J connectivity index is 1.88. The zero-order chi connectivity index (χ0) is 18.0. The Morgan fingerprint density at radius 2 is 1.96 bits per heavy atom. The molecule has 0 radical (unpaired) electrons. The number of fused-ring (bicyclic) bond motifs is 1. The van der Waals surface area contributed by atoms with E-state index >= 15 is 0 Å². The van der Waals surface area contributed by atoms with Crippen LogP contribution in [0.5, 0.6) is 0 Å². The summed E-state index contributed by atoms with van der Waals surface area (Å²) in [4.78, 5) is 21.4. The highest BCUT2D eigenvalue weighted by Gasteiger charge is 2.19. The molecule has 1 fully saturated rings. The number of anilines is 1. The van der Waals surface area contributed by atoms with Gasteiger partial charge in [-0.1, -0.05) is 6.92 Å². The second-order valence-corrected chi connectivity index (χ2v) is 7.18. The van der Waals surface area contributed by atoms with Crippen molar-refractivity contribution in [1.82, 2.24) is 19.4 Å². The number of aromatic nitrogens is 2. The zero-order valence-electron chi connectivity index (χ0n) is 15.7. The quantitative estimate of drug-likeness (QED) is 0.907. The summed E-state index contributed by atoms with van der Waals surface area (Å²) in [6.07, 6.45) is 0.479. The molecule has 0 bridgehead atoms. The molecule has 1 amide bonds. The Labute approximate surface area is 149 Å². The van der Waals surface area contributed by atoms with Crippen LogP contribution in [0.1, 0.15) is 39.1 Å². The van der Waals surface area contributed by atoms with E-state index in [-0.39, 0.29) is 5.91 Å². The summed E-state index contributed by atoms with van der Waals surface area (Å²) in [6.45, 7) is 11.5. The molecule has 1 aromatic heterocycles. The van der Waals surface area contributed by atoms with Crippen LogP contribution in [0.15, 0.2) is 18.2 Å². The van der Waals surface area contributed by atoms with Gasteiger partial charge in [-0.2, -0.15) is 0 Å². The van der Waals surface area contributed by atoms with Gasteiger partial charge >= 0.3 is 0 Å². The third-order valence-electron chi connectivity index (χ3n) is 4.84. The summed E-state index contributed by atoms with van der Waals surface area (Å²) in [5, 5.41) is 2.92. The Bertz CT molecular complexity index is 744. The molecule has 3 rings (SSSR count). The van der Waals surface area contributed by atoms with Crippen LogP contribution < -0.4 is 5.32 Å². The van der Waals surface area contributed by atoms with Gasteiger partial charge < -0.3 is 14.8 Å². The molecule has 0 atom stereocenters. The average Bonchev–Trinajstić information content (AvgIpc) is 2.94. The van der Waals surface area contributed by atoms with Crippen molar-refractivity contribution in [3.8, 4) is 0 Å². The van der Waals surface area contributed by atoms with Crippen LogP contribution in [-0.2, 0) is 11.3 Å². The third kappa shape index (κ3) is 4.02. The Kier molecular flexibility index (Phi) is 5.39. The second kappa shape index (κ2) is 7.54. The number of hydrogen-bond acceptors (Lipinski definition) is 4. The Hall–Kier alpha value is -1.92. The lowest BCUT2D eigenvalue weighted by Crippen LogP contribution is -2.44. The van der Waals surface area contributed by atoms with Gasteiger partial charge in [0.25, 0.3) is 0 Å². The number of likely N-dealkylation sites (N-methyl/N-ethyl adjacent to an activating group) is 1. The van der Waals surface area contributed by atoms with Crippen LogP contribution in [0.3, 0.4) is 0 Å². The van der Waals surface area contributed by atoms with Crippen LogP contribution in [0, 0.1) is 0 Å². The average molecular weight is 343 g/mol. The highest BCUT2D eigenvalue weighted by molar-refractivity contribution is 5.93. The smallest absolute Gasteiger partial charge is 0.224 e. The summed E-state index contributed by atoms with van der Waals surface area (Å²) in [7, 11) is 2.17. The van der Waals surface area contributed by atoms with E-state index in [9.17, 15) is 4.79 Å². The predicted octanol–water partition coefficient (Wildman–Crippen LogP) is 2.71.